The van der Waals surface area contributed by atoms with Gasteiger partial charge in [-0.2, -0.15) is 0 Å². The molecule has 1 amide bonds. The second-order valence-corrected chi connectivity index (χ2v) is 12.5. The number of sulfone groups is 1. The van der Waals surface area contributed by atoms with Gasteiger partial charge < -0.3 is 48.3 Å². The molecule has 2 rings (SSSR count). The summed E-state index contributed by atoms with van der Waals surface area (Å²) in [5, 5.41) is 19.3. The lowest BCUT2D eigenvalue weighted by Crippen LogP contribution is -2.22. The minimum Gasteiger partial charge on any atom is -0.394 e. The third kappa shape index (κ3) is 24.6. The Bertz CT molecular complexity index is 1340. The van der Waals surface area contributed by atoms with E-state index in [-0.39, 0.29) is 24.2 Å². The van der Waals surface area contributed by atoms with Crippen LogP contribution < -0.4 is 5.32 Å². The van der Waals surface area contributed by atoms with Gasteiger partial charge in [-0.05, 0) is 6.42 Å². The highest BCUT2D eigenvalue weighted by atomic mass is 32.2. The number of unbranched alkanes of at least 4 members (excludes halogenated alkanes) is 1. The maximum absolute atomic E-state index is 12.1. The van der Waals surface area contributed by atoms with E-state index in [1.165, 1.54) is 12.4 Å². The van der Waals surface area contributed by atoms with Gasteiger partial charge in [0.1, 0.15) is 5.69 Å². The van der Waals surface area contributed by atoms with Crippen molar-refractivity contribution in [3.8, 4) is 11.8 Å². The summed E-state index contributed by atoms with van der Waals surface area (Å²) in [6, 6.07) is 0. The number of ether oxygens (including phenoxy) is 8. The number of aliphatic hydroxyl groups is 1. The number of amides is 1. The van der Waals surface area contributed by atoms with Gasteiger partial charge in [0.25, 0.3) is 0 Å². The van der Waals surface area contributed by atoms with Gasteiger partial charge in [-0.3, -0.25) is 4.79 Å². The van der Waals surface area contributed by atoms with E-state index in [1.54, 1.807) is 10.9 Å². The molecule has 2 heterocycles. The van der Waals surface area contributed by atoms with Gasteiger partial charge in [0.05, 0.1) is 137 Å². The Hall–Kier alpha value is -3.16. The molecule has 2 N–H and O–H groups in total. The van der Waals surface area contributed by atoms with E-state index in [4.69, 9.17) is 43.0 Å². The average molecular weight is 745 g/mol. The molecule has 18 nitrogen and oxygen atoms in total. The topological polar surface area (TPSA) is 214 Å². The fraction of sp³-hybridized carbons (Fsp3) is 0.719. The summed E-state index contributed by atoms with van der Waals surface area (Å²) < 4.78 is 67.7. The lowest BCUT2D eigenvalue weighted by atomic mass is 10.2. The van der Waals surface area contributed by atoms with E-state index in [1.807, 2.05) is 0 Å². The van der Waals surface area contributed by atoms with Crippen LogP contribution in [0.2, 0.25) is 0 Å². The number of hydrogen-bond acceptors (Lipinski definition) is 16. The zero-order chi connectivity index (χ0) is 36.7. The number of nitrogens with zero attached hydrogens (tertiary/aromatic N) is 5. The molecule has 0 saturated heterocycles. The molecule has 0 fully saturated rings. The highest BCUT2D eigenvalue weighted by molar-refractivity contribution is 7.90. The molecule has 0 saturated carbocycles. The van der Waals surface area contributed by atoms with E-state index >= 15 is 0 Å². The van der Waals surface area contributed by atoms with Crippen LogP contribution in [0, 0.1) is 11.8 Å². The lowest BCUT2D eigenvalue weighted by Gasteiger charge is -2.08. The number of aromatic nitrogens is 5. The molecule has 0 unspecified atom stereocenters. The number of carbonyl (C=O) groups is 1. The number of carbonyl (C=O) groups excluding carboxylic acids is 1. The molecular formula is C32H52N6O12S. The summed E-state index contributed by atoms with van der Waals surface area (Å²) in [6.45, 7) is 8.15. The van der Waals surface area contributed by atoms with Crippen LogP contribution in [0.4, 0.5) is 0 Å². The molecule has 288 valence electrons. The third-order valence-corrected chi connectivity index (χ3v) is 7.13. The van der Waals surface area contributed by atoms with E-state index in [9.17, 15) is 13.2 Å². The van der Waals surface area contributed by atoms with Crippen molar-refractivity contribution < 1.29 is 56.2 Å². The van der Waals surface area contributed by atoms with Crippen LogP contribution in [0.15, 0.2) is 23.7 Å². The van der Waals surface area contributed by atoms with Crippen molar-refractivity contribution in [2.45, 2.75) is 37.5 Å². The molecular weight excluding hydrogens is 692 g/mol. The molecule has 0 radical (unpaired) electrons. The lowest BCUT2D eigenvalue weighted by molar-refractivity contribution is -0.121. The molecule has 0 aliphatic rings. The van der Waals surface area contributed by atoms with Crippen molar-refractivity contribution in [1.29, 1.82) is 0 Å². The fourth-order valence-corrected chi connectivity index (χ4v) is 4.23. The van der Waals surface area contributed by atoms with Gasteiger partial charge in [-0.1, -0.05) is 17.1 Å². The van der Waals surface area contributed by atoms with Crippen LogP contribution in [0.3, 0.4) is 0 Å². The Morgan fingerprint density at radius 1 is 0.765 bits per heavy atom. The van der Waals surface area contributed by atoms with Crippen LogP contribution in [0.5, 0.6) is 0 Å². The minimum absolute atomic E-state index is 0.0140. The summed E-state index contributed by atoms with van der Waals surface area (Å²) in [5.41, 5.74) is 1.14. The first-order valence-corrected chi connectivity index (χ1v) is 18.7. The standard InChI is InChI=1S/C32H52N6O12S/c1-51(41,42)32-34-25-29(26-35-32)5-3-2-4-6-31(40)33-27-30-28-38(37-36-30)7-9-43-11-13-45-15-17-47-19-21-49-23-24-50-22-20-48-18-16-46-14-12-44-10-8-39/h25-26,28,39H,2,4,6-24,27H2,1H3,(H,33,40). The summed E-state index contributed by atoms with van der Waals surface area (Å²) in [7, 11) is -3.45. The van der Waals surface area contributed by atoms with Crippen LogP contribution in [-0.4, -0.2) is 163 Å². The predicted molar refractivity (Wildman–Crippen MR) is 181 cm³/mol. The molecule has 2 aromatic heterocycles. The van der Waals surface area contributed by atoms with Gasteiger partial charge in [0, 0.05) is 31.5 Å². The Labute approximate surface area is 299 Å². The molecule has 0 bridgehead atoms. The third-order valence-electron chi connectivity index (χ3n) is 6.26. The fourth-order valence-electron chi connectivity index (χ4n) is 3.74. The molecule has 0 atom stereocenters. The maximum Gasteiger partial charge on any atom is 0.246 e. The Balaban J connectivity index is 1.31. The predicted octanol–water partition coefficient (Wildman–Crippen LogP) is -0.565. The molecule has 2 aromatic rings. The monoisotopic (exact) mass is 744 g/mol. The second-order valence-electron chi connectivity index (χ2n) is 10.6. The van der Waals surface area contributed by atoms with Gasteiger partial charge in [-0.25, -0.2) is 23.1 Å². The second kappa shape index (κ2) is 29.4. The smallest absolute Gasteiger partial charge is 0.246 e. The normalized spacial score (nSPS) is 11.4. The molecule has 19 heteroatoms. The van der Waals surface area contributed by atoms with E-state index < -0.39 is 9.84 Å². The minimum atomic E-state index is -3.45. The zero-order valence-corrected chi connectivity index (χ0v) is 30.2. The molecule has 0 aliphatic heterocycles. The van der Waals surface area contributed by atoms with Crippen LogP contribution >= 0.6 is 0 Å². The van der Waals surface area contributed by atoms with E-state index in [0.29, 0.717) is 143 Å². The number of rotatable bonds is 32. The highest BCUT2D eigenvalue weighted by Crippen LogP contribution is 2.02. The summed E-state index contributed by atoms with van der Waals surface area (Å²) in [5.74, 6) is 5.67. The van der Waals surface area contributed by atoms with Gasteiger partial charge in [0.15, 0.2) is 0 Å². The number of hydrogen-bond donors (Lipinski definition) is 2. The van der Waals surface area contributed by atoms with Crippen molar-refractivity contribution in [1.82, 2.24) is 30.3 Å². The van der Waals surface area contributed by atoms with Gasteiger partial charge in [-0.15, -0.1) is 5.10 Å². The largest absolute Gasteiger partial charge is 0.394 e. The molecule has 0 aromatic carbocycles. The van der Waals surface area contributed by atoms with E-state index in [0.717, 1.165) is 6.26 Å². The van der Waals surface area contributed by atoms with Crippen molar-refractivity contribution in [2.24, 2.45) is 0 Å². The van der Waals surface area contributed by atoms with Crippen molar-refractivity contribution >= 4 is 15.7 Å². The van der Waals surface area contributed by atoms with Gasteiger partial charge >= 0.3 is 0 Å². The Morgan fingerprint density at radius 3 is 1.71 bits per heavy atom. The Kier molecular flexibility index (Phi) is 25.4. The Morgan fingerprint density at radius 2 is 1.24 bits per heavy atom. The highest BCUT2D eigenvalue weighted by Gasteiger charge is 2.09. The number of nitrogens with one attached hydrogen (secondary N) is 1. The van der Waals surface area contributed by atoms with Crippen molar-refractivity contribution in [2.75, 3.05) is 119 Å². The SMILES string of the molecule is CS(=O)(=O)c1ncc(C#CCCCC(=O)NCc2cn(CCOCCOCCOCCOCCOCCOCCOCCOCCO)nn2)cn1. The first-order valence-electron chi connectivity index (χ1n) is 16.8. The average Bonchev–Trinajstić information content (AvgIpc) is 3.58. The first-order chi connectivity index (χ1) is 24.9. The van der Waals surface area contributed by atoms with Crippen LogP contribution in [0.1, 0.15) is 30.5 Å². The van der Waals surface area contributed by atoms with Crippen LogP contribution in [0.25, 0.3) is 0 Å². The molecule has 0 spiro atoms. The quantitative estimate of drug-likeness (QED) is 0.0546. The van der Waals surface area contributed by atoms with Crippen molar-refractivity contribution in [3.63, 3.8) is 0 Å². The zero-order valence-electron chi connectivity index (χ0n) is 29.4. The summed E-state index contributed by atoms with van der Waals surface area (Å²) >= 11 is 0. The van der Waals surface area contributed by atoms with Crippen LogP contribution in [-0.2, 0) is 65.6 Å². The summed E-state index contributed by atoms with van der Waals surface area (Å²) in [6.07, 6.45) is 6.88. The first kappa shape index (κ1) is 44.0. The van der Waals surface area contributed by atoms with Crippen molar-refractivity contribution in [3.05, 3.63) is 29.8 Å². The maximum atomic E-state index is 12.1. The summed E-state index contributed by atoms with van der Waals surface area (Å²) in [4.78, 5) is 19.7. The molecule has 51 heavy (non-hydrogen) atoms. The number of aliphatic hydroxyl groups excluding tert-OH is 1. The van der Waals surface area contributed by atoms with E-state index in [2.05, 4.69) is 37.4 Å². The van der Waals surface area contributed by atoms with Gasteiger partial charge in [0.2, 0.25) is 20.9 Å². The molecule has 0 aliphatic carbocycles.